The largest absolute Gasteiger partial charge is 0.481 e. The van der Waals surface area contributed by atoms with Gasteiger partial charge in [0, 0.05) is 0 Å². The van der Waals surface area contributed by atoms with Crippen LogP contribution in [0.5, 0.6) is 0 Å². The number of carboxylic acid groups (broad SMARTS) is 1. The average molecular weight is 170 g/mol. The summed E-state index contributed by atoms with van der Waals surface area (Å²) in [5, 5.41) is 18.2. The molecule has 0 aromatic rings. The molecular weight excluding hydrogens is 156 g/mol. The van der Waals surface area contributed by atoms with Crippen molar-refractivity contribution in [1.82, 2.24) is 0 Å². The molecule has 0 heterocycles. The van der Waals surface area contributed by atoms with Crippen LogP contribution in [-0.4, -0.2) is 22.3 Å². The van der Waals surface area contributed by atoms with Gasteiger partial charge in [0.2, 0.25) is 0 Å². The minimum absolute atomic E-state index is 0.686. The molecule has 0 amide bonds. The van der Waals surface area contributed by atoms with Crippen LogP contribution in [0.2, 0.25) is 0 Å². The van der Waals surface area contributed by atoms with Crippen molar-refractivity contribution in [1.29, 1.82) is 0 Å². The maximum atomic E-state index is 10.5. The number of carbonyl (C=O) groups is 1. The zero-order valence-electron chi connectivity index (χ0n) is 7.16. The van der Waals surface area contributed by atoms with Crippen molar-refractivity contribution in [2.75, 3.05) is 0 Å². The van der Waals surface area contributed by atoms with E-state index in [1.807, 2.05) is 6.08 Å². The number of rotatable bonds is 3. The van der Waals surface area contributed by atoms with Gasteiger partial charge in [0.05, 0.1) is 12.0 Å². The Morgan fingerprint density at radius 2 is 2.33 bits per heavy atom. The van der Waals surface area contributed by atoms with Crippen molar-refractivity contribution in [3.8, 4) is 0 Å². The van der Waals surface area contributed by atoms with E-state index in [4.69, 9.17) is 5.11 Å². The standard InChI is InChI=1S/C9H14O3/c1-6(9(11)12)8(10)7-4-2-3-5-7/h4,6,8,10H,2-3,5H2,1H3,(H,11,12). The Morgan fingerprint density at radius 1 is 1.67 bits per heavy atom. The quantitative estimate of drug-likeness (QED) is 0.625. The first-order valence-corrected chi connectivity index (χ1v) is 4.22. The molecule has 3 nitrogen and oxygen atoms in total. The lowest BCUT2D eigenvalue weighted by atomic mass is 9.97. The minimum Gasteiger partial charge on any atom is -0.481 e. The summed E-state index contributed by atoms with van der Waals surface area (Å²) in [7, 11) is 0. The van der Waals surface area contributed by atoms with E-state index in [2.05, 4.69) is 0 Å². The highest BCUT2D eigenvalue weighted by molar-refractivity contribution is 5.70. The summed E-state index contributed by atoms with van der Waals surface area (Å²) < 4.78 is 0. The van der Waals surface area contributed by atoms with Gasteiger partial charge in [-0.05, 0) is 31.8 Å². The zero-order valence-corrected chi connectivity index (χ0v) is 7.16. The molecule has 0 spiro atoms. The first-order valence-electron chi connectivity index (χ1n) is 4.22. The fourth-order valence-corrected chi connectivity index (χ4v) is 1.42. The number of allylic oxidation sites excluding steroid dienone is 1. The fourth-order valence-electron chi connectivity index (χ4n) is 1.42. The highest BCUT2D eigenvalue weighted by atomic mass is 16.4. The molecule has 68 valence electrons. The molecule has 0 aromatic carbocycles. The monoisotopic (exact) mass is 170 g/mol. The van der Waals surface area contributed by atoms with E-state index >= 15 is 0 Å². The summed E-state index contributed by atoms with van der Waals surface area (Å²) in [6.07, 6.45) is 4.02. The molecule has 1 aliphatic carbocycles. The number of aliphatic carboxylic acids is 1. The van der Waals surface area contributed by atoms with Gasteiger partial charge < -0.3 is 10.2 Å². The molecule has 0 saturated carbocycles. The van der Waals surface area contributed by atoms with Crippen molar-refractivity contribution in [2.24, 2.45) is 5.92 Å². The minimum atomic E-state index is -0.935. The normalized spacial score (nSPS) is 21.7. The first-order chi connectivity index (χ1) is 5.63. The Bertz CT molecular complexity index is 208. The average Bonchev–Trinajstić information content (AvgIpc) is 2.53. The molecule has 0 radical (unpaired) electrons. The smallest absolute Gasteiger partial charge is 0.309 e. The van der Waals surface area contributed by atoms with Crippen molar-refractivity contribution in [2.45, 2.75) is 32.3 Å². The molecule has 0 fully saturated rings. The molecule has 2 unspecified atom stereocenters. The molecule has 0 bridgehead atoms. The fraction of sp³-hybridized carbons (Fsp3) is 0.667. The van der Waals surface area contributed by atoms with Crippen LogP contribution in [0.25, 0.3) is 0 Å². The second-order valence-electron chi connectivity index (χ2n) is 3.24. The van der Waals surface area contributed by atoms with Gasteiger partial charge in [-0.1, -0.05) is 6.08 Å². The number of hydrogen-bond donors (Lipinski definition) is 2. The molecule has 12 heavy (non-hydrogen) atoms. The van der Waals surface area contributed by atoms with Gasteiger partial charge in [-0.3, -0.25) is 4.79 Å². The van der Waals surface area contributed by atoms with Crippen molar-refractivity contribution >= 4 is 5.97 Å². The lowest BCUT2D eigenvalue weighted by Crippen LogP contribution is -2.26. The predicted molar refractivity (Wildman–Crippen MR) is 44.7 cm³/mol. The van der Waals surface area contributed by atoms with Gasteiger partial charge in [0.1, 0.15) is 0 Å². The van der Waals surface area contributed by atoms with Crippen LogP contribution in [0.4, 0.5) is 0 Å². The molecule has 0 aromatic heterocycles. The summed E-state index contributed by atoms with van der Waals surface area (Å²) in [6, 6.07) is 0. The Balaban J connectivity index is 2.57. The third-order valence-corrected chi connectivity index (χ3v) is 2.32. The van der Waals surface area contributed by atoms with Gasteiger partial charge >= 0.3 is 5.97 Å². The molecule has 2 N–H and O–H groups in total. The summed E-state index contributed by atoms with van der Waals surface area (Å²) in [4.78, 5) is 10.5. The third kappa shape index (κ3) is 1.85. The lowest BCUT2D eigenvalue weighted by Gasteiger charge is -2.15. The predicted octanol–water partition coefficient (Wildman–Crippen LogP) is 1.18. The van der Waals surface area contributed by atoms with Crippen molar-refractivity contribution in [3.05, 3.63) is 11.6 Å². The molecule has 0 saturated heterocycles. The van der Waals surface area contributed by atoms with E-state index < -0.39 is 18.0 Å². The summed E-state index contributed by atoms with van der Waals surface area (Å²) in [6.45, 7) is 1.53. The van der Waals surface area contributed by atoms with Crippen LogP contribution in [-0.2, 0) is 4.79 Å². The van der Waals surface area contributed by atoms with Gasteiger partial charge in [0.15, 0.2) is 0 Å². The molecule has 1 rings (SSSR count). The molecule has 0 aliphatic heterocycles. The van der Waals surface area contributed by atoms with Gasteiger partial charge in [0.25, 0.3) is 0 Å². The Kier molecular flexibility index (Phi) is 2.87. The van der Waals surface area contributed by atoms with Crippen molar-refractivity contribution < 1.29 is 15.0 Å². The van der Waals surface area contributed by atoms with E-state index in [0.29, 0.717) is 0 Å². The summed E-state index contributed by atoms with van der Waals surface area (Å²) in [5.74, 6) is -1.62. The van der Waals surface area contributed by atoms with E-state index in [1.54, 1.807) is 0 Å². The van der Waals surface area contributed by atoms with Crippen LogP contribution in [0.1, 0.15) is 26.2 Å². The lowest BCUT2D eigenvalue weighted by molar-refractivity contribution is -0.144. The SMILES string of the molecule is CC(C(=O)O)C(O)C1=CCCC1. The Labute approximate surface area is 71.7 Å². The summed E-state index contributed by atoms with van der Waals surface area (Å²) in [5.41, 5.74) is 0.893. The van der Waals surface area contributed by atoms with Gasteiger partial charge in [-0.15, -0.1) is 0 Å². The van der Waals surface area contributed by atoms with Crippen LogP contribution in [0.3, 0.4) is 0 Å². The van der Waals surface area contributed by atoms with Crippen LogP contribution in [0, 0.1) is 5.92 Å². The van der Waals surface area contributed by atoms with Gasteiger partial charge in [-0.2, -0.15) is 0 Å². The van der Waals surface area contributed by atoms with E-state index in [0.717, 1.165) is 24.8 Å². The second-order valence-corrected chi connectivity index (χ2v) is 3.24. The van der Waals surface area contributed by atoms with E-state index in [9.17, 15) is 9.90 Å². The first kappa shape index (κ1) is 9.26. The van der Waals surface area contributed by atoms with Crippen LogP contribution >= 0.6 is 0 Å². The molecular formula is C9H14O3. The van der Waals surface area contributed by atoms with Crippen LogP contribution < -0.4 is 0 Å². The molecule has 1 aliphatic rings. The topological polar surface area (TPSA) is 57.5 Å². The van der Waals surface area contributed by atoms with Gasteiger partial charge in [-0.25, -0.2) is 0 Å². The van der Waals surface area contributed by atoms with Crippen molar-refractivity contribution in [3.63, 3.8) is 0 Å². The highest BCUT2D eigenvalue weighted by Gasteiger charge is 2.25. The number of aliphatic hydroxyl groups is 1. The second kappa shape index (κ2) is 3.72. The Hall–Kier alpha value is -0.830. The number of aliphatic hydroxyl groups excluding tert-OH is 1. The summed E-state index contributed by atoms with van der Waals surface area (Å²) >= 11 is 0. The third-order valence-electron chi connectivity index (χ3n) is 2.32. The molecule has 3 heteroatoms. The zero-order chi connectivity index (χ0) is 9.14. The van der Waals surface area contributed by atoms with E-state index in [1.165, 1.54) is 6.92 Å². The van der Waals surface area contributed by atoms with E-state index in [-0.39, 0.29) is 0 Å². The van der Waals surface area contributed by atoms with Crippen LogP contribution in [0.15, 0.2) is 11.6 Å². The maximum absolute atomic E-state index is 10.5. The number of carboxylic acids is 1. The molecule has 2 atom stereocenters. The maximum Gasteiger partial charge on any atom is 0.309 e. The highest BCUT2D eigenvalue weighted by Crippen LogP contribution is 2.24. The Morgan fingerprint density at radius 3 is 2.75 bits per heavy atom. The number of hydrogen-bond acceptors (Lipinski definition) is 2.